The van der Waals surface area contributed by atoms with Crippen LogP contribution in [0.4, 0.5) is 4.79 Å². The molecule has 33 heavy (non-hydrogen) atoms. The number of benzene rings is 1. The number of nitrogens with zero attached hydrogens (tertiary/aromatic N) is 3. The summed E-state index contributed by atoms with van der Waals surface area (Å²) in [6.07, 6.45) is 6.29. The van der Waals surface area contributed by atoms with E-state index in [1.807, 2.05) is 31.4 Å². The highest BCUT2D eigenvalue weighted by atomic mass is 16.4. The van der Waals surface area contributed by atoms with Crippen LogP contribution in [-0.4, -0.2) is 50.4 Å². The first-order valence-corrected chi connectivity index (χ1v) is 11.8. The number of aryl methyl sites for hydroxylation is 2. The lowest BCUT2D eigenvalue weighted by molar-refractivity contribution is -0.126. The fourth-order valence-electron chi connectivity index (χ4n) is 3.95. The number of hydrogen-bond acceptors (Lipinski definition) is 4. The van der Waals surface area contributed by atoms with Crippen LogP contribution in [0.3, 0.4) is 0 Å². The van der Waals surface area contributed by atoms with E-state index in [-0.39, 0.29) is 11.9 Å². The molecule has 1 aliphatic rings. The Bertz CT molecular complexity index is 931. The summed E-state index contributed by atoms with van der Waals surface area (Å²) < 4.78 is 1.74. The highest BCUT2D eigenvalue weighted by Gasteiger charge is 2.29. The molecule has 180 valence electrons. The summed E-state index contributed by atoms with van der Waals surface area (Å²) in [5.74, 6) is 0.260. The standard InChI is InChI=1S/C25H37N5O3/c1-25(2,26)23(31)27-21(11-7-10-18-8-5-4-6-9-18)22-20(17-29(3)28-22)14-15-30(24(32)33)16-19-12-13-19/h4-6,8-9,17,19,21H,7,10-16,26H2,1-3H3,(H,27,31)(H,32,33). The summed E-state index contributed by atoms with van der Waals surface area (Å²) in [6, 6.07) is 9.96. The number of nitrogens with one attached hydrogen (secondary N) is 1. The highest BCUT2D eigenvalue weighted by molar-refractivity contribution is 5.85. The molecule has 2 amide bonds. The Labute approximate surface area is 196 Å². The van der Waals surface area contributed by atoms with Crippen molar-refractivity contribution in [3.05, 3.63) is 53.3 Å². The van der Waals surface area contributed by atoms with Gasteiger partial charge < -0.3 is 21.1 Å². The van der Waals surface area contributed by atoms with Gasteiger partial charge in [-0.1, -0.05) is 30.3 Å². The molecule has 8 nitrogen and oxygen atoms in total. The van der Waals surface area contributed by atoms with Crippen LogP contribution in [0.1, 0.15) is 62.4 Å². The Morgan fingerprint density at radius 2 is 1.97 bits per heavy atom. The molecule has 3 rings (SSSR count). The van der Waals surface area contributed by atoms with Gasteiger partial charge in [0.2, 0.25) is 5.91 Å². The van der Waals surface area contributed by atoms with Crippen molar-refractivity contribution in [2.45, 2.75) is 64.0 Å². The molecule has 1 unspecified atom stereocenters. The Morgan fingerprint density at radius 3 is 2.58 bits per heavy atom. The predicted molar refractivity (Wildman–Crippen MR) is 128 cm³/mol. The first-order chi connectivity index (χ1) is 15.6. The third-order valence-corrected chi connectivity index (χ3v) is 6.06. The summed E-state index contributed by atoms with van der Waals surface area (Å²) in [4.78, 5) is 25.9. The van der Waals surface area contributed by atoms with Gasteiger partial charge in [0.25, 0.3) is 0 Å². The monoisotopic (exact) mass is 455 g/mol. The second-order valence-corrected chi connectivity index (χ2v) is 9.76. The third-order valence-electron chi connectivity index (χ3n) is 6.06. The van der Waals surface area contributed by atoms with Crippen LogP contribution in [0, 0.1) is 5.92 Å². The Kier molecular flexibility index (Phi) is 8.13. The number of carbonyl (C=O) groups is 2. The van der Waals surface area contributed by atoms with Gasteiger partial charge in [0.1, 0.15) is 0 Å². The topological polar surface area (TPSA) is 113 Å². The zero-order chi connectivity index (χ0) is 24.0. The second-order valence-electron chi connectivity index (χ2n) is 9.76. The van der Waals surface area contributed by atoms with E-state index < -0.39 is 11.6 Å². The smallest absolute Gasteiger partial charge is 0.407 e. The zero-order valence-corrected chi connectivity index (χ0v) is 20.0. The summed E-state index contributed by atoms with van der Waals surface area (Å²) in [7, 11) is 1.85. The van der Waals surface area contributed by atoms with Gasteiger partial charge >= 0.3 is 6.09 Å². The van der Waals surface area contributed by atoms with Gasteiger partial charge in [-0.15, -0.1) is 0 Å². The van der Waals surface area contributed by atoms with Gasteiger partial charge in [-0.25, -0.2) is 4.79 Å². The average Bonchev–Trinajstić information content (AvgIpc) is 3.50. The minimum absolute atomic E-state index is 0.232. The molecule has 1 fully saturated rings. The molecule has 1 atom stereocenters. The van der Waals surface area contributed by atoms with Crippen molar-refractivity contribution >= 4 is 12.0 Å². The summed E-state index contributed by atoms with van der Waals surface area (Å²) in [5, 5.41) is 17.3. The average molecular weight is 456 g/mol. The maximum atomic E-state index is 12.7. The van der Waals surface area contributed by atoms with Crippen molar-refractivity contribution in [3.8, 4) is 0 Å². The number of amides is 2. The Hall–Kier alpha value is -2.87. The van der Waals surface area contributed by atoms with Crippen molar-refractivity contribution in [2.75, 3.05) is 13.1 Å². The van der Waals surface area contributed by atoms with Crippen LogP contribution in [-0.2, 0) is 24.7 Å². The second kappa shape index (κ2) is 10.8. The predicted octanol–water partition coefficient (Wildman–Crippen LogP) is 3.27. The minimum Gasteiger partial charge on any atom is -0.465 e. The van der Waals surface area contributed by atoms with Gasteiger partial charge in [0.15, 0.2) is 0 Å². The SMILES string of the molecule is Cn1cc(CCN(CC2CC2)C(=O)O)c(C(CCCc2ccccc2)NC(=O)C(C)(C)N)n1. The molecule has 0 saturated heterocycles. The van der Waals surface area contributed by atoms with E-state index in [4.69, 9.17) is 5.73 Å². The molecule has 2 aromatic rings. The number of carbonyl (C=O) groups excluding carboxylic acids is 1. The molecule has 8 heteroatoms. The van der Waals surface area contributed by atoms with E-state index in [0.717, 1.165) is 36.9 Å². The zero-order valence-electron chi connectivity index (χ0n) is 20.0. The van der Waals surface area contributed by atoms with Crippen molar-refractivity contribution < 1.29 is 14.7 Å². The number of carboxylic acid groups (broad SMARTS) is 1. The third kappa shape index (κ3) is 7.60. The van der Waals surface area contributed by atoms with Gasteiger partial charge in [-0.2, -0.15) is 5.10 Å². The van der Waals surface area contributed by atoms with Crippen LogP contribution in [0.25, 0.3) is 0 Å². The molecule has 1 aliphatic carbocycles. The van der Waals surface area contributed by atoms with Crippen LogP contribution in [0.15, 0.2) is 36.5 Å². The number of rotatable bonds is 12. The maximum Gasteiger partial charge on any atom is 0.407 e. The Morgan fingerprint density at radius 1 is 1.27 bits per heavy atom. The lowest BCUT2D eigenvalue weighted by Crippen LogP contribution is -2.50. The van der Waals surface area contributed by atoms with E-state index in [2.05, 4.69) is 22.5 Å². The molecular formula is C25H37N5O3. The minimum atomic E-state index is -1.00. The molecule has 1 heterocycles. The highest BCUT2D eigenvalue weighted by Crippen LogP contribution is 2.30. The van der Waals surface area contributed by atoms with Crippen LogP contribution < -0.4 is 11.1 Å². The quantitative estimate of drug-likeness (QED) is 0.455. The molecule has 1 aromatic carbocycles. The van der Waals surface area contributed by atoms with Gasteiger partial charge in [-0.3, -0.25) is 9.48 Å². The molecule has 1 aromatic heterocycles. The molecule has 1 saturated carbocycles. The normalized spacial score (nSPS) is 14.7. The van der Waals surface area contributed by atoms with Gasteiger partial charge in [0.05, 0.1) is 17.3 Å². The summed E-state index contributed by atoms with van der Waals surface area (Å²) >= 11 is 0. The fraction of sp³-hybridized carbons (Fsp3) is 0.560. The first-order valence-electron chi connectivity index (χ1n) is 11.8. The van der Waals surface area contributed by atoms with E-state index in [9.17, 15) is 14.7 Å². The molecule has 0 bridgehead atoms. The largest absolute Gasteiger partial charge is 0.465 e. The summed E-state index contributed by atoms with van der Waals surface area (Å²) in [5.41, 5.74) is 8.04. The molecule has 0 aliphatic heterocycles. The first kappa shape index (κ1) is 24.8. The van der Waals surface area contributed by atoms with Gasteiger partial charge in [0, 0.05) is 26.3 Å². The van der Waals surface area contributed by atoms with Crippen molar-refractivity contribution in [2.24, 2.45) is 18.7 Å². The Balaban J connectivity index is 1.73. The van der Waals surface area contributed by atoms with E-state index in [0.29, 0.717) is 31.8 Å². The summed E-state index contributed by atoms with van der Waals surface area (Å²) in [6.45, 7) is 4.37. The molecule has 4 N–H and O–H groups in total. The van der Waals surface area contributed by atoms with E-state index in [1.165, 1.54) is 10.5 Å². The number of aromatic nitrogens is 2. The van der Waals surface area contributed by atoms with E-state index in [1.54, 1.807) is 18.5 Å². The number of nitrogens with two attached hydrogens (primary N) is 1. The lowest BCUT2D eigenvalue weighted by atomic mass is 9.98. The number of hydrogen-bond donors (Lipinski definition) is 3. The van der Waals surface area contributed by atoms with Crippen LogP contribution >= 0.6 is 0 Å². The maximum absolute atomic E-state index is 12.7. The van der Waals surface area contributed by atoms with Crippen molar-refractivity contribution in [1.29, 1.82) is 0 Å². The van der Waals surface area contributed by atoms with Crippen molar-refractivity contribution in [3.63, 3.8) is 0 Å². The molecule has 0 spiro atoms. The molecular weight excluding hydrogens is 418 g/mol. The van der Waals surface area contributed by atoms with Gasteiger partial charge in [-0.05, 0) is 69.4 Å². The fourth-order valence-corrected chi connectivity index (χ4v) is 3.95. The lowest BCUT2D eigenvalue weighted by Gasteiger charge is -2.25. The van der Waals surface area contributed by atoms with Crippen LogP contribution in [0.2, 0.25) is 0 Å². The molecule has 0 radical (unpaired) electrons. The van der Waals surface area contributed by atoms with Crippen molar-refractivity contribution in [1.82, 2.24) is 20.0 Å². The van der Waals surface area contributed by atoms with E-state index >= 15 is 0 Å². The van der Waals surface area contributed by atoms with Crippen LogP contribution in [0.5, 0.6) is 0 Å².